The smallest absolute Gasteiger partial charge is 0.440 e. The van der Waals surface area contributed by atoms with Gasteiger partial charge in [-0.25, -0.2) is 14.6 Å². The van der Waals surface area contributed by atoms with E-state index in [1.807, 2.05) is 63.2 Å². The van der Waals surface area contributed by atoms with Gasteiger partial charge in [-0.3, -0.25) is 9.63 Å². The van der Waals surface area contributed by atoms with Crippen LogP contribution in [-0.4, -0.2) is 39.3 Å². The first-order chi connectivity index (χ1) is 22.2. The monoisotopic (exact) mass is 641 g/mol. The number of carboxylic acid groups (broad SMARTS) is 1. The van der Waals surface area contributed by atoms with Gasteiger partial charge in [-0.15, -0.1) is 5.06 Å². The SMILES string of the molecule is CC(C)(C)OC(=O)N(OC(C)(C)C)c1nccc2cc(NC(C(=O)O)c3ccc(CCCC(=O)OCc4ccccc4)cc3)ccc12. The summed E-state index contributed by atoms with van der Waals surface area (Å²) in [6, 6.07) is 22.9. The van der Waals surface area contributed by atoms with Gasteiger partial charge in [-0.2, -0.15) is 0 Å². The van der Waals surface area contributed by atoms with Gasteiger partial charge in [0.05, 0.1) is 5.60 Å². The molecule has 0 aliphatic heterocycles. The molecule has 0 fully saturated rings. The van der Waals surface area contributed by atoms with E-state index in [2.05, 4.69) is 10.3 Å². The molecule has 4 rings (SSSR count). The van der Waals surface area contributed by atoms with Gasteiger partial charge >= 0.3 is 18.0 Å². The van der Waals surface area contributed by atoms with E-state index in [-0.39, 0.29) is 18.4 Å². The molecule has 0 bridgehead atoms. The molecule has 0 radical (unpaired) electrons. The quantitative estimate of drug-likeness (QED) is 0.117. The number of fused-ring (bicyclic) bond motifs is 1. The molecule has 0 spiro atoms. The summed E-state index contributed by atoms with van der Waals surface area (Å²) in [6.07, 6.45) is 2.43. The Balaban J connectivity index is 1.43. The van der Waals surface area contributed by atoms with E-state index in [1.165, 1.54) is 0 Å². The maximum absolute atomic E-state index is 13.2. The van der Waals surface area contributed by atoms with Crippen molar-refractivity contribution in [2.24, 2.45) is 0 Å². The van der Waals surface area contributed by atoms with E-state index in [0.717, 1.165) is 16.2 Å². The van der Waals surface area contributed by atoms with E-state index >= 15 is 0 Å². The van der Waals surface area contributed by atoms with E-state index < -0.39 is 29.3 Å². The second-order valence-corrected chi connectivity index (χ2v) is 13.2. The minimum absolute atomic E-state index is 0.252. The highest BCUT2D eigenvalue weighted by Crippen LogP contribution is 2.31. The number of nitrogens with zero attached hydrogens (tertiary/aromatic N) is 2. The summed E-state index contributed by atoms with van der Waals surface area (Å²) in [5.74, 6) is -1.03. The standard InChI is InChI=1S/C37H43N3O7/c1-36(2,3)46-35(44)40(47-37(4,5)6)33-30-20-19-29(23-28(30)21-22-38-33)39-32(34(42)43)27-17-15-25(16-18-27)13-10-14-31(41)45-24-26-11-8-7-9-12-26/h7-9,11-12,15-23,32,39H,10,13-14,24H2,1-6H3,(H,42,43). The Kier molecular flexibility index (Phi) is 11.2. The molecule has 0 saturated carbocycles. The molecule has 0 saturated heterocycles. The van der Waals surface area contributed by atoms with Crippen LogP contribution in [0.15, 0.2) is 85.1 Å². The number of amides is 1. The minimum Gasteiger partial charge on any atom is -0.479 e. The first kappa shape index (κ1) is 34.9. The number of pyridine rings is 1. The average Bonchev–Trinajstić information content (AvgIpc) is 3.00. The fourth-order valence-corrected chi connectivity index (χ4v) is 4.74. The van der Waals surface area contributed by atoms with Gasteiger partial charge in [0.25, 0.3) is 0 Å². The highest BCUT2D eigenvalue weighted by atomic mass is 16.7. The molecule has 1 unspecified atom stereocenters. The van der Waals surface area contributed by atoms with Crippen LogP contribution in [0, 0.1) is 0 Å². The molecule has 2 N–H and O–H groups in total. The predicted molar refractivity (Wildman–Crippen MR) is 181 cm³/mol. The summed E-state index contributed by atoms with van der Waals surface area (Å²) in [4.78, 5) is 48.0. The average molecular weight is 642 g/mol. The largest absolute Gasteiger partial charge is 0.479 e. The van der Waals surface area contributed by atoms with Gasteiger partial charge in [0.2, 0.25) is 0 Å². The van der Waals surface area contributed by atoms with Crippen molar-refractivity contribution in [1.82, 2.24) is 4.98 Å². The first-order valence-corrected chi connectivity index (χ1v) is 15.6. The zero-order chi connectivity index (χ0) is 34.2. The number of benzene rings is 3. The summed E-state index contributed by atoms with van der Waals surface area (Å²) in [5, 5.41) is 15.6. The number of hydroxylamine groups is 1. The predicted octanol–water partition coefficient (Wildman–Crippen LogP) is 8.01. The fourth-order valence-electron chi connectivity index (χ4n) is 4.74. The molecule has 1 amide bonds. The molecule has 1 atom stereocenters. The number of aromatic nitrogens is 1. The number of carbonyl (C=O) groups excluding carboxylic acids is 2. The lowest BCUT2D eigenvalue weighted by Gasteiger charge is -2.31. The van der Waals surface area contributed by atoms with Gasteiger partial charge in [0.15, 0.2) is 11.9 Å². The Morgan fingerprint density at radius 3 is 2.21 bits per heavy atom. The van der Waals surface area contributed by atoms with Gasteiger partial charge in [0, 0.05) is 23.7 Å². The van der Waals surface area contributed by atoms with E-state index in [4.69, 9.17) is 14.3 Å². The third-order valence-corrected chi connectivity index (χ3v) is 6.82. The molecule has 3 aromatic carbocycles. The van der Waals surface area contributed by atoms with Crippen molar-refractivity contribution >= 4 is 40.3 Å². The lowest BCUT2D eigenvalue weighted by atomic mass is 10.0. The zero-order valence-corrected chi connectivity index (χ0v) is 27.8. The van der Waals surface area contributed by atoms with Crippen LogP contribution in [0.5, 0.6) is 0 Å². The van der Waals surface area contributed by atoms with E-state index in [0.29, 0.717) is 41.3 Å². The van der Waals surface area contributed by atoms with Crippen LogP contribution in [0.4, 0.5) is 16.3 Å². The zero-order valence-electron chi connectivity index (χ0n) is 27.8. The van der Waals surface area contributed by atoms with Crippen molar-refractivity contribution in [3.63, 3.8) is 0 Å². The number of hydrogen-bond acceptors (Lipinski definition) is 8. The van der Waals surface area contributed by atoms with Crippen molar-refractivity contribution in [3.8, 4) is 0 Å². The number of aliphatic carboxylic acids is 1. The first-order valence-electron chi connectivity index (χ1n) is 15.6. The van der Waals surface area contributed by atoms with Crippen LogP contribution in [0.25, 0.3) is 10.8 Å². The number of ether oxygens (including phenoxy) is 2. The Hall–Kier alpha value is -4.96. The number of anilines is 2. The second kappa shape index (κ2) is 15.1. The van der Waals surface area contributed by atoms with Crippen molar-refractivity contribution in [1.29, 1.82) is 0 Å². The molecule has 0 aliphatic rings. The lowest BCUT2D eigenvalue weighted by Crippen LogP contribution is -2.42. The van der Waals surface area contributed by atoms with E-state index in [1.54, 1.807) is 63.4 Å². The van der Waals surface area contributed by atoms with Crippen LogP contribution < -0.4 is 10.4 Å². The molecule has 4 aromatic rings. The van der Waals surface area contributed by atoms with Gasteiger partial charge < -0.3 is 19.9 Å². The van der Waals surface area contributed by atoms with Crippen LogP contribution in [0.3, 0.4) is 0 Å². The second-order valence-electron chi connectivity index (χ2n) is 13.2. The van der Waals surface area contributed by atoms with Crippen molar-refractivity contribution < 1.29 is 33.8 Å². The number of aryl methyl sites for hydroxylation is 1. The number of rotatable bonds is 12. The number of carboxylic acids is 1. The van der Waals surface area contributed by atoms with Crippen molar-refractivity contribution in [2.75, 3.05) is 10.4 Å². The van der Waals surface area contributed by atoms with Crippen LogP contribution >= 0.6 is 0 Å². The summed E-state index contributed by atoms with van der Waals surface area (Å²) >= 11 is 0. The molecule has 248 valence electrons. The normalized spacial score (nSPS) is 12.3. The molecule has 47 heavy (non-hydrogen) atoms. The number of hydrogen-bond donors (Lipinski definition) is 2. The van der Waals surface area contributed by atoms with Gasteiger partial charge in [-0.1, -0.05) is 54.6 Å². The van der Waals surface area contributed by atoms with Crippen molar-refractivity contribution in [3.05, 3.63) is 102 Å². The number of esters is 1. The molecule has 10 nitrogen and oxygen atoms in total. The van der Waals surface area contributed by atoms with Crippen molar-refractivity contribution in [2.45, 2.75) is 84.7 Å². The lowest BCUT2D eigenvalue weighted by molar-refractivity contribution is -0.145. The molecule has 10 heteroatoms. The Morgan fingerprint density at radius 1 is 0.872 bits per heavy atom. The Labute approximate surface area is 275 Å². The fraction of sp³-hybridized carbons (Fsp3) is 0.351. The van der Waals surface area contributed by atoms with Crippen LogP contribution in [-0.2, 0) is 36.9 Å². The maximum Gasteiger partial charge on any atom is 0.440 e. The maximum atomic E-state index is 13.2. The Bertz CT molecular complexity index is 1680. The summed E-state index contributed by atoms with van der Waals surface area (Å²) in [7, 11) is 0. The molecule has 0 aliphatic carbocycles. The van der Waals surface area contributed by atoms with Crippen LogP contribution in [0.1, 0.15) is 77.1 Å². The Morgan fingerprint density at radius 2 is 1.57 bits per heavy atom. The molecular formula is C37H43N3O7. The van der Waals surface area contributed by atoms with E-state index in [9.17, 15) is 19.5 Å². The molecular weight excluding hydrogens is 598 g/mol. The third kappa shape index (κ3) is 10.5. The van der Waals surface area contributed by atoms with Gasteiger partial charge in [-0.05, 0) is 101 Å². The highest BCUT2D eigenvalue weighted by molar-refractivity contribution is 6.00. The number of carbonyl (C=O) groups is 3. The third-order valence-electron chi connectivity index (χ3n) is 6.82. The number of nitrogens with one attached hydrogen (secondary N) is 1. The highest BCUT2D eigenvalue weighted by Gasteiger charge is 2.31. The van der Waals surface area contributed by atoms with Gasteiger partial charge in [0.1, 0.15) is 12.2 Å². The van der Waals surface area contributed by atoms with Crippen LogP contribution in [0.2, 0.25) is 0 Å². The summed E-state index contributed by atoms with van der Waals surface area (Å²) in [6.45, 7) is 11.0. The molecule has 1 heterocycles. The topological polar surface area (TPSA) is 127 Å². The summed E-state index contributed by atoms with van der Waals surface area (Å²) < 4.78 is 10.9. The summed E-state index contributed by atoms with van der Waals surface area (Å²) in [5.41, 5.74) is 1.61. The molecule has 1 aromatic heterocycles. The minimum atomic E-state index is -1.04.